The molecule has 2 fully saturated rings. The highest BCUT2D eigenvalue weighted by atomic mass is 79.9. The molecule has 1 nitrogen and oxygen atoms in total. The van der Waals surface area contributed by atoms with Crippen molar-refractivity contribution in [2.75, 3.05) is 0 Å². The quantitative estimate of drug-likeness (QED) is 0.729. The predicted molar refractivity (Wildman–Crippen MR) is 65.8 cm³/mol. The van der Waals surface area contributed by atoms with Crippen LogP contribution in [0.4, 0.5) is 0 Å². The van der Waals surface area contributed by atoms with E-state index in [0.717, 1.165) is 12.8 Å². The van der Waals surface area contributed by atoms with Gasteiger partial charge in [0, 0.05) is 0 Å². The average molecular weight is 326 g/mol. The van der Waals surface area contributed by atoms with Gasteiger partial charge in [-0.15, -0.1) is 0 Å². The molecule has 2 aliphatic rings. The van der Waals surface area contributed by atoms with E-state index in [1.54, 1.807) is 0 Å². The number of halogens is 2. The lowest BCUT2D eigenvalue weighted by molar-refractivity contribution is -0.00596. The van der Waals surface area contributed by atoms with Crippen LogP contribution < -0.4 is 0 Å². The van der Waals surface area contributed by atoms with E-state index in [1.165, 1.54) is 6.42 Å². The molecule has 0 aromatic rings. The maximum Gasteiger partial charge on any atom is 0.0896 e. The molecule has 2 rings (SSSR count). The fraction of sp³-hybridized carbons (Fsp3) is 1.00. The van der Waals surface area contributed by atoms with Crippen LogP contribution in [0.3, 0.4) is 0 Å². The van der Waals surface area contributed by atoms with Crippen LogP contribution in [0.15, 0.2) is 0 Å². The summed E-state index contributed by atoms with van der Waals surface area (Å²) in [5, 5.41) is 10.0. The minimum atomic E-state index is -0.514. The largest absolute Gasteiger partial charge is 0.390 e. The molecule has 0 saturated heterocycles. The number of alkyl halides is 2. The van der Waals surface area contributed by atoms with E-state index in [4.69, 9.17) is 0 Å². The van der Waals surface area contributed by atoms with E-state index in [9.17, 15) is 5.11 Å². The summed E-state index contributed by atoms with van der Waals surface area (Å²) in [7, 11) is 0. The standard InChI is InChI=1S/C11H18Br2O/c1-9(2,14)7-4-5-10(3)8(6-7)11(10,12)13/h7-8,14H,4-6H2,1-3H3. The van der Waals surface area contributed by atoms with Crippen LogP contribution in [0.2, 0.25) is 0 Å². The molecule has 82 valence electrons. The highest BCUT2D eigenvalue weighted by Gasteiger charge is 2.72. The molecule has 0 aromatic carbocycles. The van der Waals surface area contributed by atoms with Gasteiger partial charge in [0.15, 0.2) is 0 Å². The SMILES string of the molecule is CC(C)(O)C1CCC2(C)C(C1)C2(Br)Br. The van der Waals surface area contributed by atoms with Gasteiger partial charge in [0.05, 0.1) is 8.83 Å². The topological polar surface area (TPSA) is 20.2 Å². The Bertz CT molecular complexity index is 257. The Morgan fingerprint density at radius 3 is 2.36 bits per heavy atom. The van der Waals surface area contributed by atoms with E-state index in [-0.39, 0.29) is 3.23 Å². The first-order valence-electron chi connectivity index (χ1n) is 5.30. The van der Waals surface area contributed by atoms with Gasteiger partial charge < -0.3 is 5.11 Å². The van der Waals surface area contributed by atoms with E-state index in [1.807, 2.05) is 13.8 Å². The van der Waals surface area contributed by atoms with Crippen LogP contribution in [0, 0.1) is 17.3 Å². The van der Waals surface area contributed by atoms with Gasteiger partial charge in [0.2, 0.25) is 0 Å². The van der Waals surface area contributed by atoms with E-state index in [0.29, 0.717) is 17.3 Å². The summed E-state index contributed by atoms with van der Waals surface area (Å²) < 4.78 is 0.146. The minimum Gasteiger partial charge on any atom is -0.390 e. The fourth-order valence-electron chi connectivity index (χ4n) is 2.94. The second kappa shape index (κ2) is 2.98. The summed E-state index contributed by atoms with van der Waals surface area (Å²) in [4.78, 5) is 0. The van der Waals surface area contributed by atoms with Gasteiger partial charge in [-0.05, 0) is 50.4 Å². The normalized spacial score (nSPS) is 45.9. The van der Waals surface area contributed by atoms with E-state index in [2.05, 4.69) is 38.8 Å². The molecular weight excluding hydrogens is 308 g/mol. The third-order valence-corrected chi connectivity index (χ3v) is 7.33. The Morgan fingerprint density at radius 2 is 1.93 bits per heavy atom. The second-order valence-corrected chi connectivity index (χ2v) is 9.28. The van der Waals surface area contributed by atoms with Crippen LogP contribution in [0.25, 0.3) is 0 Å². The lowest BCUT2D eigenvalue weighted by atomic mass is 9.75. The van der Waals surface area contributed by atoms with E-state index < -0.39 is 5.60 Å². The first-order chi connectivity index (χ1) is 6.19. The Morgan fingerprint density at radius 1 is 1.36 bits per heavy atom. The zero-order chi connectivity index (χ0) is 10.8. The summed E-state index contributed by atoms with van der Waals surface area (Å²) >= 11 is 7.53. The van der Waals surface area contributed by atoms with Crippen LogP contribution in [0.1, 0.15) is 40.0 Å². The highest BCUT2D eigenvalue weighted by molar-refractivity contribution is 9.25. The monoisotopic (exact) mass is 324 g/mol. The maximum absolute atomic E-state index is 10.0. The van der Waals surface area contributed by atoms with E-state index >= 15 is 0 Å². The van der Waals surface area contributed by atoms with Crippen molar-refractivity contribution in [1.82, 2.24) is 0 Å². The Kier molecular flexibility index (Phi) is 2.43. The van der Waals surface area contributed by atoms with Gasteiger partial charge in [-0.25, -0.2) is 0 Å². The lowest BCUT2D eigenvalue weighted by Crippen LogP contribution is -2.34. The number of aliphatic hydroxyl groups is 1. The summed E-state index contributed by atoms with van der Waals surface area (Å²) in [6.07, 6.45) is 3.49. The lowest BCUT2D eigenvalue weighted by Gasteiger charge is -2.34. The minimum absolute atomic E-state index is 0.146. The molecule has 2 aliphatic carbocycles. The van der Waals surface area contributed by atoms with Crippen molar-refractivity contribution in [3.05, 3.63) is 0 Å². The first-order valence-corrected chi connectivity index (χ1v) is 6.88. The molecular formula is C11H18Br2O. The molecule has 3 atom stereocenters. The maximum atomic E-state index is 10.0. The predicted octanol–water partition coefficient (Wildman–Crippen LogP) is 3.68. The van der Waals surface area contributed by atoms with Crippen LogP contribution in [0.5, 0.6) is 0 Å². The summed E-state index contributed by atoms with van der Waals surface area (Å²) in [5.41, 5.74) is -0.102. The van der Waals surface area contributed by atoms with Gasteiger partial charge in [-0.2, -0.15) is 0 Å². The smallest absolute Gasteiger partial charge is 0.0896 e. The van der Waals surface area contributed by atoms with Gasteiger partial charge in [-0.3, -0.25) is 0 Å². The molecule has 14 heavy (non-hydrogen) atoms. The molecule has 1 N–H and O–H groups in total. The molecule has 2 saturated carbocycles. The highest BCUT2D eigenvalue weighted by Crippen LogP contribution is 2.77. The van der Waals surface area contributed by atoms with Gasteiger partial charge in [-0.1, -0.05) is 38.8 Å². The molecule has 0 amide bonds. The van der Waals surface area contributed by atoms with Crippen molar-refractivity contribution in [3.8, 4) is 0 Å². The Labute approximate surface area is 103 Å². The molecule has 0 aliphatic heterocycles. The van der Waals surface area contributed by atoms with Crippen molar-refractivity contribution >= 4 is 31.9 Å². The summed E-state index contributed by atoms with van der Waals surface area (Å²) in [5.74, 6) is 1.14. The number of hydrogen-bond acceptors (Lipinski definition) is 1. The zero-order valence-corrected chi connectivity index (χ0v) is 12.2. The van der Waals surface area contributed by atoms with Gasteiger partial charge in [0.1, 0.15) is 0 Å². The van der Waals surface area contributed by atoms with Crippen LogP contribution >= 0.6 is 31.9 Å². The van der Waals surface area contributed by atoms with Crippen molar-refractivity contribution < 1.29 is 5.11 Å². The fourth-order valence-corrected chi connectivity index (χ4v) is 5.05. The third kappa shape index (κ3) is 1.42. The molecule has 3 heteroatoms. The molecule has 0 aromatic heterocycles. The Balaban J connectivity index is 2.09. The summed E-state index contributed by atoms with van der Waals surface area (Å²) in [6, 6.07) is 0. The Hall–Kier alpha value is 0.920. The summed E-state index contributed by atoms with van der Waals surface area (Å²) in [6.45, 7) is 6.21. The van der Waals surface area contributed by atoms with Crippen LogP contribution in [-0.2, 0) is 0 Å². The number of fused-ring (bicyclic) bond motifs is 1. The first kappa shape index (κ1) is 11.4. The number of hydrogen-bond donors (Lipinski definition) is 1. The van der Waals surface area contributed by atoms with Crippen molar-refractivity contribution in [1.29, 1.82) is 0 Å². The zero-order valence-electron chi connectivity index (χ0n) is 8.98. The van der Waals surface area contributed by atoms with Crippen LogP contribution in [-0.4, -0.2) is 13.9 Å². The molecule has 0 spiro atoms. The van der Waals surface area contributed by atoms with Crippen molar-refractivity contribution in [3.63, 3.8) is 0 Å². The number of rotatable bonds is 1. The van der Waals surface area contributed by atoms with Crippen molar-refractivity contribution in [2.24, 2.45) is 17.3 Å². The molecule has 0 bridgehead atoms. The third-order valence-electron chi connectivity index (χ3n) is 4.42. The van der Waals surface area contributed by atoms with Gasteiger partial charge in [0.25, 0.3) is 0 Å². The molecule has 0 heterocycles. The second-order valence-electron chi connectivity index (χ2n) is 5.72. The van der Waals surface area contributed by atoms with Gasteiger partial charge >= 0.3 is 0 Å². The molecule has 0 radical (unpaired) electrons. The van der Waals surface area contributed by atoms with Crippen molar-refractivity contribution in [2.45, 2.75) is 48.9 Å². The molecule has 3 unspecified atom stereocenters. The average Bonchev–Trinajstić information content (AvgIpc) is 2.44.